The molecule has 0 atom stereocenters. The normalized spacial score (nSPS) is 10.6. The van der Waals surface area contributed by atoms with Crippen LogP contribution in [0, 0.1) is 5.92 Å². The van der Waals surface area contributed by atoms with Crippen molar-refractivity contribution >= 4 is 5.97 Å². The monoisotopic (exact) mass is 198 g/mol. The maximum Gasteiger partial charge on any atom is 0.315 e. The number of hydrogen-bond donors (Lipinski definition) is 0. The minimum atomic E-state index is -0.371. The number of esters is 1. The van der Waals surface area contributed by atoms with Crippen LogP contribution in [0.4, 0.5) is 0 Å². The van der Waals surface area contributed by atoms with Gasteiger partial charge in [-0.05, 0) is 5.92 Å². The first-order valence-corrected chi connectivity index (χ1v) is 4.50. The molecule has 0 bridgehead atoms. The highest BCUT2D eigenvalue weighted by Gasteiger charge is 2.11. The van der Waals surface area contributed by atoms with Gasteiger partial charge in [0.15, 0.2) is 5.82 Å². The number of nitrogens with zero attached hydrogens (tertiary/aromatic N) is 2. The summed E-state index contributed by atoms with van der Waals surface area (Å²) in [5.74, 6) is 1.05. The second-order valence-corrected chi connectivity index (χ2v) is 3.46. The van der Waals surface area contributed by atoms with Gasteiger partial charge < -0.3 is 9.26 Å². The van der Waals surface area contributed by atoms with E-state index in [0.29, 0.717) is 17.6 Å². The lowest BCUT2D eigenvalue weighted by Gasteiger charge is -1.96. The Balaban J connectivity index is 2.55. The average molecular weight is 198 g/mol. The molecule has 0 spiro atoms. The molecule has 0 amide bonds. The Kier molecular flexibility index (Phi) is 3.62. The van der Waals surface area contributed by atoms with Gasteiger partial charge in [0.05, 0.1) is 7.11 Å². The molecule has 5 nitrogen and oxygen atoms in total. The van der Waals surface area contributed by atoms with Crippen LogP contribution in [0.1, 0.15) is 25.6 Å². The second kappa shape index (κ2) is 4.74. The van der Waals surface area contributed by atoms with E-state index >= 15 is 0 Å². The predicted octanol–water partition coefficient (Wildman–Crippen LogP) is 0.984. The topological polar surface area (TPSA) is 65.2 Å². The molecule has 0 N–H and O–H groups in total. The van der Waals surface area contributed by atoms with Crippen molar-refractivity contribution in [2.45, 2.75) is 26.7 Å². The molecule has 0 fully saturated rings. The standard InChI is InChI=1S/C9H14N2O3/c1-6(2)4-7-10-8(14-11-7)5-9(12)13-3/h6H,4-5H2,1-3H3. The zero-order chi connectivity index (χ0) is 10.6. The molecule has 0 aliphatic carbocycles. The van der Waals surface area contributed by atoms with Crippen LogP contribution in [0.15, 0.2) is 4.52 Å². The first-order chi connectivity index (χ1) is 6.61. The van der Waals surface area contributed by atoms with Crippen LogP contribution in [0.2, 0.25) is 0 Å². The highest BCUT2D eigenvalue weighted by molar-refractivity contribution is 5.70. The van der Waals surface area contributed by atoms with Gasteiger partial charge in [0, 0.05) is 6.42 Å². The van der Waals surface area contributed by atoms with Crippen molar-refractivity contribution in [2.24, 2.45) is 5.92 Å². The van der Waals surface area contributed by atoms with Gasteiger partial charge in [0.25, 0.3) is 0 Å². The van der Waals surface area contributed by atoms with Crippen molar-refractivity contribution in [1.82, 2.24) is 10.1 Å². The average Bonchev–Trinajstić information content (AvgIpc) is 2.51. The quantitative estimate of drug-likeness (QED) is 0.675. The number of hydrogen-bond acceptors (Lipinski definition) is 5. The minimum absolute atomic E-state index is 0.0432. The summed E-state index contributed by atoms with van der Waals surface area (Å²) in [5.41, 5.74) is 0. The first-order valence-electron chi connectivity index (χ1n) is 4.50. The Hall–Kier alpha value is -1.39. The zero-order valence-corrected chi connectivity index (χ0v) is 8.61. The number of methoxy groups -OCH3 is 1. The van der Waals surface area contributed by atoms with Gasteiger partial charge in [-0.2, -0.15) is 4.98 Å². The molecule has 0 radical (unpaired) electrons. The number of ether oxygens (including phenoxy) is 1. The van der Waals surface area contributed by atoms with E-state index in [2.05, 4.69) is 28.7 Å². The minimum Gasteiger partial charge on any atom is -0.469 e. The van der Waals surface area contributed by atoms with E-state index < -0.39 is 0 Å². The molecule has 1 aromatic rings. The van der Waals surface area contributed by atoms with Crippen LogP contribution in [-0.4, -0.2) is 23.2 Å². The number of aromatic nitrogens is 2. The fourth-order valence-electron chi connectivity index (χ4n) is 1.01. The van der Waals surface area contributed by atoms with Crippen molar-refractivity contribution in [3.05, 3.63) is 11.7 Å². The zero-order valence-electron chi connectivity index (χ0n) is 8.61. The Morgan fingerprint density at radius 2 is 2.29 bits per heavy atom. The summed E-state index contributed by atoms with van der Waals surface area (Å²) >= 11 is 0. The third-order valence-electron chi connectivity index (χ3n) is 1.62. The van der Waals surface area contributed by atoms with Crippen LogP contribution in [0.25, 0.3) is 0 Å². The van der Waals surface area contributed by atoms with Crippen molar-refractivity contribution in [2.75, 3.05) is 7.11 Å². The predicted molar refractivity (Wildman–Crippen MR) is 48.6 cm³/mol. The molecule has 1 rings (SSSR count). The van der Waals surface area contributed by atoms with E-state index in [-0.39, 0.29) is 12.4 Å². The number of carbonyl (C=O) groups excluding carboxylic acids is 1. The van der Waals surface area contributed by atoms with Gasteiger partial charge in [-0.1, -0.05) is 19.0 Å². The molecule has 0 aliphatic rings. The van der Waals surface area contributed by atoms with Gasteiger partial charge >= 0.3 is 5.97 Å². The van der Waals surface area contributed by atoms with E-state index in [9.17, 15) is 4.79 Å². The molecule has 0 unspecified atom stereocenters. The van der Waals surface area contributed by atoms with Crippen LogP contribution < -0.4 is 0 Å². The highest BCUT2D eigenvalue weighted by atomic mass is 16.5. The smallest absolute Gasteiger partial charge is 0.315 e. The van der Waals surface area contributed by atoms with Crippen LogP contribution in [0.3, 0.4) is 0 Å². The largest absolute Gasteiger partial charge is 0.469 e. The van der Waals surface area contributed by atoms with E-state index in [4.69, 9.17) is 4.52 Å². The third-order valence-corrected chi connectivity index (χ3v) is 1.62. The summed E-state index contributed by atoms with van der Waals surface area (Å²) < 4.78 is 9.35. The summed E-state index contributed by atoms with van der Waals surface area (Å²) in [6.07, 6.45) is 0.798. The van der Waals surface area contributed by atoms with E-state index in [0.717, 1.165) is 6.42 Å². The van der Waals surface area contributed by atoms with Crippen molar-refractivity contribution in [3.63, 3.8) is 0 Å². The molecule has 5 heteroatoms. The SMILES string of the molecule is COC(=O)Cc1nc(CC(C)C)no1. The molecule has 0 aliphatic heterocycles. The van der Waals surface area contributed by atoms with E-state index in [1.165, 1.54) is 7.11 Å². The molecule has 0 aromatic carbocycles. The molecule has 1 heterocycles. The third kappa shape index (κ3) is 3.16. The first kappa shape index (κ1) is 10.7. The van der Waals surface area contributed by atoms with Crippen LogP contribution >= 0.6 is 0 Å². The second-order valence-electron chi connectivity index (χ2n) is 3.46. The van der Waals surface area contributed by atoms with E-state index in [1.54, 1.807) is 0 Å². The fourth-order valence-corrected chi connectivity index (χ4v) is 1.01. The fraction of sp³-hybridized carbons (Fsp3) is 0.667. The Labute approximate surface area is 82.4 Å². The van der Waals surface area contributed by atoms with Gasteiger partial charge in [-0.15, -0.1) is 0 Å². The lowest BCUT2D eigenvalue weighted by molar-refractivity contribution is -0.140. The molecular weight excluding hydrogens is 184 g/mol. The maximum atomic E-state index is 10.9. The van der Waals surface area contributed by atoms with Gasteiger partial charge in [-0.25, -0.2) is 0 Å². The molecule has 14 heavy (non-hydrogen) atoms. The Bertz CT molecular complexity index is 307. The van der Waals surface area contributed by atoms with Crippen LogP contribution in [0.5, 0.6) is 0 Å². The van der Waals surface area contributed by atoms with Gasteiger partial charge in [0.2, 0.25) is 5.89 Å². The molecule has 78 valence electrons. The molecule has 0 saturated heterocycles. The summed E-state index contributed by atoms with van der Waals surface area (Å²) in [4.78, 5) is 14.9. The molecule has 1 aromatic heterocycles. The van der Waals surface area contributed by atoms with E-state index in [1.807, 2.05) is 0 Å². The summed E-state index contributed by atoms with van der Waals surface area (Å²) in [5, 5.41) is 3.75. The molecular formula is C9H14N2O3. The van der Waals surface area contributed by atoms with Crippen molar-refractivity contribution in [1.29, 1.82) is 0 Å². The van der Waals surface area contributed by atoms with Crippen molar-refractivity contribution < 1.29 is 14.1 Å². The van der Waals surface area contributed by atoms with Gasteiger partial charge in [0.1, 0.15) is 6.42 Å². The summed E-state index contributed by atoms with van der Waals surface area (Å²) in [6, 6.07) is 0. The van der Waals surface area contributed by atoms with Gasteiger partial charge in [-0.3, -0.25) is 4.79 Å². The Morgan fingerprint density at radius 1 is 1.57 bits per heavy atom. The lowest BCUT2D eigenvalue weighted by Crippen LogP contribution is -2.05. The highest BCUT2D eigenvalue weighted by Crippen LogP contribution is 2.05. The number of carbonyl (C=O) groups is 1. The lowest BCUT2D eigenvalue weighted by atomic mass is 10.1. The molecule has 0 saturated carbocycles. The van der Waals surface area contributed by atoms with Crippen LogP contribution in [-0.2, 0) is 22.4 Å². The Morgan fingerprint density at radius 3 is 2.86 bits per heavy atom. The van der Waals surface area contributed by atoms with Crippen molar-refractivity contribution in [3.8, 4) is 0 Å². The summed E-state index contributed by atoms with van der Waals surface area (Å²) in [7, 11) is 1.33. The number of rotatable bonds is 4. The maximum absolute atomic E-state index is 10.9. The summed E-state index contributed by atoms with van der Waals surface area (Å²) in [6.45, 7) is 4.13.